The van der Waals surface area contributed by atoms with Crippen LogP contribution in [0, 0.1) is 11.7 Å². The Morgan fingerprint density at radius 2 is 1.87 bits per heavy atom. The topological polar surface area (TPSA) is 32.3 Å². The summed E-state index contributed by atoms with van der Waals surface area (Å²) in [5.41, 5.74) is 1.78. The molecule has 3 nitrogen and oxygen atoms in total. The summed E-state index contributed by atoms with van der Waals surface area (Å²) in [6.07, 6.45) is 4.72. The van der Waals surface area contributed by atoms with Crippen LogP contribution < -0.4 is 5.32 Å². The molecule has 2 atom stereocenters. The molecular formula is C19H25FN2O. The van der Waals surface area contributed by atoms with Crippen LogP contribution >= 0.6 is 0 Å². The van der Waals surface area contributed by atoms with Gasteiger partial charge in [-0.25, -0.2) is 4.39 Å². The van der Waals surface area contributed by atoms with Crippen LogP contribution in [0.1, 0.15) is 38.2 Å². The minimum atomic E-state index is -0.226. The highest BCUT2D eigenvalue weighted by Gasteiger charge is 2.40. The van der Waals surface area contributed by atoms with Crippen LogP contribution in [-0.2, 0) is 4.79 Å². The van der Waals surface area contributed by atoms with E-state index >= 15 is 0 Å². The fourth-order valence-electron chi connectivity index (χ4n) is 4.09. The van der Waals surface area contributed by atoms with E-state index in [-0.39, 0.29) is 11.6 Å². The number of fused-ring (bicyclic) bond motifs is 2. The maximum atomic E-state index is 13.0. The Morgan fingerprint density at radius 1 is 1.26 bits per heavy atom. The largest absolute Gasteiger partial charge is 0.385 e. The van der Waals surface area contributed by atoms with Crippen molar-refractivity contribution in [2.45, 2.75) is 44.7 Å². The first-order valence-corrected chi connectivity index (χ1v) is 8.47. The zero-order valence-corrected chi connectivity index (χ0v) is 13.7. The summed E-state index contributed by atoms with van der Waals surface area (Å²) in [5, 5.41) is 3.41. The molecule has 3 rings (SSSR count). The van der Waals surface area contributed by atoms with Gasteiger partial charge in [-0.15, -0.1) is 0 Å². The molecule has 23 heavy (non-hydrogen) atoms. The number of carbonyl (C=O) groups is 1. The number of halogens is 1. The van der Waals surface area contributed by atoms with Gasteiger partial charge in [0.15, 0.2) is 0 Å². The molecule has 4 heteroatoms. The van der Waals surface area contributed by atoms with Gasteiger partial charge in [0.05, 0.1) is 6.54 Å². The van der Waals surface area contributed by atoms with E-state index < -0.39 is 0 Å². The van der Waals surface area contributed by atoms with Crippen molar-refractivity contribution in [1.29, 1.82) is 0 Å². The lowest BCUT2D eigenvalue weighted by Crippen LogP contribution is -2.46. The lowest BCUT2D eigenvalue weighted by atomic mass is 9.90. The molecule has 1 aromatic rings. The molecule has 1 aromatic carbocycles. The fraction of sp³-hybridized carbons (Fsp3) is 0.526. The molecule has 1 N–H and O–H groups in total. The number of hydrogen-bond donors (Lipinski definition) is 1. The Labute approximate surface area is 137 Å². The first-order valence-electron chi connectivity index (χ1n) is 8.47. The van der Waals surface area contributed by atoms with Crippen LogP contribution in [0.5, 0.6) is 0 Å². The number of nitrogens with zero attached hydrogens (tertiary/aromatic N) is 1. The summed E-state index contributed by atoms with van der Waals surface area (Å²) >= 11 is 0. The van der Waals surface area contributed by atoms with Crippen LogP contribution in [0.2, 0.25) is 0 Å². The third kappa shape index (κ3) is 3.81. The molecular weight excluding hydrogens is 291 g/mol. The smallest absolute Gasteiger partial charge is 0.143 e. The normalized spacial score (nSPS) is 27.0. The van der Waals surface area contributed by atoms with Crippen molar-refractivity contribution in [3.8, 4) is 0 Å². The third-order valence-electron chi connectivity index (χ3n) is 5.18. The lowest BCUT2D eigenvalue weighted by molar-refractivity contribution is -0.119. The summed E-state index contributed by atoms with van der Waals surface area (Å²) in [6.45, 7) is 7.25. The fourth-order valence-corrected chi connectivity index (χ4v) is 4.09. The van der Waals surface area contributed by atoms with Gasteiger partial charge in [-0.05, 0) is 56.2 Å². The van der Waals surface area contributed by atoms with Crippen molar-refractivity contribution in [1.82, 2.24) is 10.2 Å². The predicted octanol–water partition coefficient (Wildman–Crippen LogP) is 3.22. The van der Waals surface area contributed by atoms with Crippen molar-refractivity contribution in [2.24, 2.45) is 5.92 Å². The van der Waals surface area contributed by atoms with Gasteiger partial charge in [0, 0.05) is 24.3 Å². The zero-order chi connectivity index (χ0) is 16.4. The van der Waals surface area contributed by atoms with E-state index in [9.17, 15) is 9.18 Å². The highest BCUT2D eigenvalue weighted by molar-refractivity contribution is 5.77. The van der Waals surface area contributed by atoms with E-state index in [0.29, 0.717) is 24.5 Å². The van der Waals surface area contributed by atoms with Crippen molar-refractivity contribution < 1.29 is 9.18 Å². The molecule has 2 aliphatic heterocycles. The van der Waals surface area contributed by atoms with Crippen LogP contribution in [-0.4, -0.2) is 35.9 Å². The van der Waals surface area contributed by atoms with Gasteiger partial charge in [0.2, 0.25) is 0 Å². The number of carbonyl (C=O) groups excluding carboxylic acids is 1. The second-order valence-corrected chi connectivity index (χ2v) is 6.96. The van der Waals surface area contributed by atoms with E-state index in [1.54, 1.807) is 19.1 Å². The first-order chi connectivity index (χ1) is 11.0. The van der Waals surface area contributed by atoms with Gasteiger partial charge in [-0.3, -0.25) is 9.69 Å². The predicted molar refractivity (Wildman–Crippen MR) is 90.4 cm³/mol. The average Bonchev–Trinajstić information content (AvgIpc) is 2.75. The summed E-state index contributed by atoms with van der Waals surface area (Å²) < 4.78 is 13.0. The van der Waals surface area contributed by atoms with Crippen molar-refractivity contribution in [3.63, 3.8) is 0 Å². The van der Waals surface area contributed by atoms with Gasteiger partial charge < -0.3 is 5.32 Å². The van der Waals surface area contributed by atoms with Crippen LogP contribution in [0.15, 0.2) is 30.8 Å². The highest BCUT2D eigenvalue weighted by atomic mass is 19.1. The highest BCUT2D eigenvalue weighted by Crippen LogP contribution is 2.38. The molecule has 0 amide bonds. The van der Waals surface area contributed by atoms with E-state index in [4.69, 9.17) is 0 Å². The number of benzene rings is 1. The number of hydrogen-bond acceptors (Lipinski definition) is 3. The van der Waals surface area contributed by atoms with E-state index in [0.717, 1.165) is 30.6 Å². The molecule has 2 fully saturated rings. The molecule has 0 saturated carbocycles. The number of Topliss-reactive ketones (excluding diaryl/α,β-unsaturated/α-hetero) is 1. The van der Waals surface area contributed by atoms with Gasteiger partial charge in [0.25, 0.3) is 0 Å². The second-order valence-electron chi connectivity index (χ2n) is 6.96. The molecule has 0 aromatic heterocycles. The van der Waals surface area contributed by atoms with Crippen molar-refractivity contribution in [3.05, 3.63) is 42.2 Å². The zero-order valence-electron chi connectivity index (χ0n) is 13.7. The monoisotopic (exact) mass is 316 g/mol. The van der Waals surface area contributed by atoms with Crippen molar-refractivity contribution in [2.75, 3.05) is 13.1 Å². The Kier molecular flexibility index (Phi) is 4.81. The van der Waals surface area contributed by atoms with E-state index in [1.807, 2.05) is 0 Å². The molecule has 2 aliphatic rings. The maximum Gasteiger partial charge on any atom is 0.143 e. The Balaban J connectivity index is 1.52. The molecule has 2 heterocycles. The number of nitrogens with one attached hydrogen (secondary N) is 1. The lowest BCUT2D eigenvalue weighted by Gasteiger charge is -2.38. The number of piperidine rings is 1. The molecule has 2 saturated heterocycles. The van der Waals surface area contributed by atoms with E-state index in [1.165, 1.54) is 25.0 Å². The first kappa shape index (κ1) is 16.2. The Hall–Kier alpha value is -1.68. The van der Waals surface area contributed by atoms with Crippen LogP contribution in [0.4, 0.5) is 4.39 Å². The molecule has 0 radical (unpaired) electrons. The molecule has 124 valence electrons. The summed E-state index contributed by atoms with van der Waals surface area (Å²) in [4.78, 5) is 13.8. The van der Waals surface area contributed by atoms with Gasteiger partial charge in [-0.1, -0.05) is 18.7 Å². The Bertz CT molecular complexity index is 570. The summed E-state index contributed by atoms with van der Waals surface area (Å²) in [6, 6.07) is 7.55. The van der Waals surface area contributed by atoms with Gasteiger partial charge >= 0.3 is 0 Å². The summed E-state index contributed by atoms with van der Waals surface area (Å²) in [7, 11) is 0. The quantitative estimate of drug-likeness (QED) is 0.874. The number of ketones is 1. The summed E-state index contributed by atoms with van der Waals surface area (Å²) in [5.74, 6) is 0.659. The maximum absolute atomic E-state index is 13.0. The van der Waals surface area contributed by atoms with Crippen LogP contribution in [0.25, 0.3) is 5.70 Å². The Morgan fingerprint density at radius 3 is 2.43 bits per heavy atom. The third-order valence-corrected chi connectivity index (χ3v) is 5.18. The molecule has 2 unspecified atom stereocenters. The van der Waals surface area contributed by atoms with Crippen LogP contribution in [0.3, 0.4) is 0 Å². The van der Waals surface area contributed by atoms with Gasteiger partial charge in [-0.2, -0.15) is 0 Å². The minimum absolute atomic E-state index is 0.226. The molecule has 0 aliphatic carbocycles. The van der Waals surface area contributed by atoms with Crippen molar-refractivity contribution >= 4 is 11.5 Å². The molecule has 0 spiro atoms. The number of rotatable bonds is 6. The van der Waals surface area contributed by atoms with E-state index in [2.05, 4.69) is 16.8 Å². The second kappa shape index (κ2) is 6.83. The standard InChI is InChI=1S/C19H25FN2O/c1-13(23)12-22-18-7-8-19(22)10-15(9-18)11-21-14(2)16-3-5-17(20)6-4-16/h3-6,15,18-19,21H,2,7-12H2,1H3. The minimum Gasteiger partial charge on any atom is -0.385 e. The SMILES string of the molecule is C=C(NCC1CC2CCC(C1)N2CC(C)=O)c1ccc(F)cc1. The van der Waals surface area contributed by atoms with Gasteiger partial charge in [0.1, 0.15) is 11.6 Å². The average molecular weight is 316 g/mol. The molecule has 2 bridgehead atoms.